The second-order valence-corrected chi connectivity index (χ2v) is 5.45. The maximum Gasteiger partial charge on any atom is 0.224 e. The Morgan fingerprint density at radius 3 is 2.68 bits per heavy atom. The average molecular weight is 282 g/mol. The minimum atomic E-state index is -0.292. The number of ether oxygens (including phenoxy) is 1. The molecule has 1 fully saturated rings. The maximum absolute atomic E-state index is 12.2. The summed E-state index contributed by atoms with van der Waals surface area (Å²) in [6.07, 6.45) is 1.98. The van der Waals surface area contributed by atoms with Crippen LogP contribution in [-0.4, -0.2) is 30.5 Å². The molecule has 0 saturated carbocycles. The van der Waals surface area contributed by atoms with Gasteiger partial charge in [0.1, 0.15) is 0 Å². The monoisotopic (exact) mass is 281 g/mol. The number of alkyl halides is 1. The Morgan fingerprint density at radius 2 is 2.05 bits per heavy atom. The van der Waals surface area contributed by atoms with Crippen LogP contribution < -0.4 is 5.32 Å². The first kappa shape index (κ1) is 14.4. The van der Waals surface area contributed by atoms with Crippen LogP contribution in [0.1, 0.15) is 24.0 Å². The van der Waals surface area contributed by atoms with E-state index in [0.717, 1.165) is 24.0 Å². The van der Waals surface area contributed by atoms with Crippen LogP contribution >= 0.6 is 11.6 Å². The molecule has 1 aliphatic heterocycles. The SMILES string of the molecule is Cc1ccccc1CC(=O)NC1(CCl)CCOCC1. The molecule has 2 rings (SSSR count). The number of nitrogens with one attached hydrogen (secondary N) is 1. The summed E-state index contributed by atoms with van der Waals surface area (Å²) >= 11 is 6.05. The summed E-state index contributed by atoms with van der Waals surface area (Å²) in [7, 11) is 0. The molecule has 104 valence electrons. The van der Waals surface area contributed by atoms with Crippen molar-refractivity contribution in [2.75, 3.05) is 19.1 Å². The van der Waals surface area contributed by atoms with Gasteiger partial charge in [-0.3, -0.25) is 4.79 Å². The number of hydrogen-bond acceptors (Lipinski definition) is 2. The van der Waals surface area contributed by atoms with E-state index in [1.54, 1.807) is 0 Å². The third-order valence-electron chi connectivity index (χ3n) is 3.72. The molecular weight excluding hydrogens is 262 g/mol. The first-order valence-electron chi connectivity index (χ1n) is 6.64. The van der Waals surface area contributed by atoms with Crippen molar-refractivity contribution < 1.29 is 9.53 Å². The molecule has 1 aromatic rings. The first-order valence-corrected chi connectivity index (χ1v) is 7.18. The van der Waals surface area contributed by atoms with Gasteiger partial charge in [0, 0.05) is 19.1 Å². The summed E-state index contributed by atoms with van der Waals surface area (Å²) < 4.78 is 5.34. The Kier molecular flexibility index (Phi) is 4.83. The third kappa shape index (κ3) is 3.71. The zero-order valence-corrected chi connectivity index (χ0v) is 12.0. The Balaban J connectivity index is 1.98. The molecule has 0 atom stereocenters. The fourth-order valence-electron chi connectivity index (χ4n) is 2.38. The molecular formula is C15H20ClNO2. The Bertz CT molecular complexity index is 442. The Morgan fingerprint density at radius 1 is 1.37 bits per heavy atom. The van der Waals surface area contributed by atoms with Gasteiger partial charge in [0.25, 0.3) is 0 Å². The highest BCUT2D eigenvalue weighted by Gasteiger charge is 2.33. The number of rotatable bonds is 4. The second-order valence-electron chi connectivity index (χ2n) is 5.18. The quantitative estimate of drug-likeness (QED) is 0.861. The number of aryl methyl sites for hydroxylation is 1. The third-order valence-corrected chi connectivity index (χ3v) is 4.23. The van der Waals surface area contributed by atoms with Crippen LogP contribution in [0.5, 0.6) is 0 Å². The van der Waals surface area contributed by atoms with Gasteiger partial charge in [-0.05, 0) is 30.9 Å². The molecule has 0 unspecified atom stereocenters. The smallest absolute Gasteiger partial charge is 0.224 e. The largest absolute Gasteiger partial charge is 0.381 e. The molecule has 1 heterocycles. The van der Waals surface area contributed by atoms with Crippen molar-refractivity contribution in [2.45, 2.75) is 31.7 Å². The molecule has 0 spiro atoms. The van der Waals surface area contributed by atoms with Gasteiger partial charge in [-0.15, -0.1) is 11.6 Å². The molecule has 1 amide bonds. The summed E-state index contributed by atoms with van der Waals surface area (Å²) in [4.78, 5) is 12.2. The lowest BCUT2D eigenvalue weighted by Gasteiger charge is -2.36. The molecule has 19 heavy (non-hydrogen) atoms. The molecule has 1 N–H and O–H groups in total. The fourth-order valence-corrected chi connectivity index (χ4v) is 2.71. The highest BCUT2D eigenvalue weighted by molar-refractivity contribution is 6.18. The van der Waals surface area contributed by atoms with Crippen molar-refractivity contribution in [3.63, 3.8) is 0 Å². The van der Waals surface area contributed by atoms with Crippen LogP contribution in [0.2, 0.25) is 0 Å². The topological polar surface area (TPSA) is 38.3 Å². The minimum absolute atomic E-state index is 0.0388. The number of amides is 1. The summed E-state index contributed by atoms with van der Waals surface area (Å²) in [5.74, 6) is 0.479. The van der Waals surface area contributed by atoms with E-state index in [1.165, 1.54) is 0 Å². The van der Waals surface area contributed by atoms with Crippen LogP contribution in [0.3, 0.4) is 0 Å². The molecule has 0 aliphatic carbocycles. The Labute approximate surface area is 119 Å². The molecule has 0 radical (unpaired) electrons. The summed E-state index contributed by atoms with van der Waals surface area (Å²) in [6.45, 7) is 3.35. The molecule has 3 nitrogen and oxygen atoms in total. The van der Waals surface area contributed by atoms with E-state index < -0.39 is 0 Å². The second kappa shape index (κ2) is 6.40. The van der Waals surface area contributed by atoms with Crippen molar-refractivity contribution in [1.82, 2.24) is 5.32 Å². The van der Waals surface area contributed by atoms with Gasteiger partial charge >= 0.3 is 0 Å². The van der Waals surface area contributed by atoms with Gasteiger partial charge in [-0.25, -0.2) is 0 Å². The van der Waals surface area contributed by atoms with Crippen molar-refractivity contribution in [3.05, 3.63) is 35.4 Å². The van der Waals surface area contributed by atoms with Crippen LogP contribution in [-0.2, 0) is 16.0 Å². The number of benzene rings is 1. The zero-order chi connectivity index (χ0) is 13.7. The van der Waals surface area contributed by atoms with E-state index in [4.69, 9.17) is 16.3 Å². The van der Waals surface area contributed by atoms with Crippen molar-refractivity contribution >= 4 is 17.5 Å². The summed E-state index contributed by atoms with van der Waals surface area (Å²) in [5.41, 5.74) is 1.92. The molecule has 1 aliphatic rings. The molecule has 0 aromatic heterocycles. The van der Waals surface area contributed by atoms with Gasteiger partial charge in [-0.1, -0.05) is 24.3 Å². The van der Waals surface area contributed by atoms with E-state index in [-0.39, 0.29) is 11.4 Å². The van der Waals surface area contributed by atoms with Crippen LogP contribution in [0.4, 0.5) is 0 Å². The lowest BCUT2D eigenvalue weighted by atomic mass is 9.91. The van der Waals surface area contributed by atoms with Gasteiger partial charge in [-0.2, -0.15) is 0 Å². The van der Waals surface area contributed by atoms with Crippen LogP contribution in [0.25, 0.3) is 0 Å². The van der Waals surface area contributed by atoms with E-state index in [0.29, 0.717) is 25.5 Å². The lowest BCUT2D eigenvalue weighted by Crippen LogP contribution is -2.53. The zero-order valence-electron chi connectivity index (χ0n) is 11.2. The number of halogens is 1. The van der Waals surface area contributed by atoms with Gasteiger partial charge < -0.3 is 10.1 Å². The number of carbonyl (C=O) groups is 1. The number of hydrogen-bond donors (Lipinski definition) is 1. The van der Waals surface area contributed by atoms with Crippen molar-refractivity contribution in [2.24, 2.45) is 0 Å². The lowest BCUT2D eigenvalue weighted by molar-refractivity contribution is -0.123. The molecule has 1 saturated heterocycles. The standard InChI is InChI=1S/C15H20ClNO2/c1-12-4-2-3-5-13(12)10-14(18)17-15(11-16)6-8-19-9-7-15/h2-5H,6-11H2,1H3,(H,17,18). The highest BCUT2D eigenvalue weighted by Crippen LogP contribution is 2.22. The molecule has 4 heteroatoms. The van der Waals surface area contributed by atoms with Crippen LogP contribution in [0, 0.1) is 6.92 Å². The number of carbonyl (C=O) groups excluding carboxylic acids is 1. The predicted octanol–water partition coefficient (Wildman–Crippen LogP) is 2.44. The fraction of sp³-hybridized carbons (Fsp3) is 0.533. The van der Waals surface area contributed by atoms with E-state index in [1.807, 2.05) is 31.2 Å². The highest BCUT2D eigenvalue weighted by atomic mass is 35.5. The predicted molar refractivity (Wildman–Crippen MR) is 76.5 cm³/mol. The normalized spacial score (nSPS) is 18.0. The molecule has 0 bridgehead atoms. The van der Waals surface area contributed by atoms with Gasteiger partial charge in [0.05, 0.1) is 12.0 Å². The van der Waals surface area contributed by atoms with E-state index in [2.05, 4.69) is 5.32 Å². The van der Waals surface area contributed by atoms with E-state index in [9.17, 15) is 4.79 Å². The van der Waals surface area contributed by atoms with Crippen molar-refractivity contribution in [3.8, 4) is 0 Å². The van der Waals surface area contributed by atoms with Gasteiger partial charge in [0.2, 0.25) is 5.91 Å². The minimum Gasteiger partial charge on any atom is -0.381 e. The molecule has 1 aromatic carbocycles. The first-order chi connectivity index (χ1) is 9.15. The van der Waals surface area contributed by atoms with Gasteiger partial charge in [0.15, 0.2) is 0 Å². The summed E-state index contributed by atoms with van der Waals surface area (Å²) in [6, 6.07) is 7.96. The maximum atomic E-state index is 12.2. The summed E-state index contributed by atoms with van der Waals surface area (Å²) in [5, 5.41) is 3.11. The Hall–Kier alpha value is -1.06. The average Bonchev–Trinajstić information content (AvgIpc) is 2.42. The van der Waals surface area contributed by atoms with Crippen LogP contribution in [0.15, 0.2) is 24.3 Å². The van der Waals surface area contributed by atoms with E-state index >= 15 is 0 Å². The van der Waals surface area contributed by atoms with Crippen molar-refractivity contribution in [1.29, 1.82) is 0 Å².